The van der Waals surface area contributed by atoms with Crippen molar-refractivity contribution in [3.8, 4) is 22.5 Å². The van der Waals surface area contributed by atoms with Crippen LogP contribution in [0.4, 0.5) is 5.95 Å². The molecule has 3 fully saturated rings. The Morgan fingerprint density at radius 3 is 2.20 bits per heavy atom. The molecule has 1 aliphatic heterocycles. The summed E-state index contributed by atoms with van der Waals surface area (Å²) < 4.78 is 2.06. The van der Waals surface area contributed by atoms with Gasteiger partial charge in [0.05, 0.1) is 17.0 Å². The fraction of sp³-hybridized carbons (Fsp3) is 0.375. The maximum atomic E-state index is 10.9. The van der Waals surface area contributed by atoms with E-state index in [4.69, 9.17) is 15.7 Å². The number of hydrogen-bond acceptors (Lipinski definition) is 7. The monoisotopic (exact) mass is 531 g/mol. The minimum Gasteiger partial charge on any atom is -0.389 e. The van der Waals surface area contributed by atoms with Gasteiger partial charge in [0.2, 0.25) is 5.95 Å². The molecule has 0 amide bonds. The fourth-order valence-corrected chi connectivity index (χ4v) is 6.88. The van der Waals surface area contributed by atoms with E-state index >= 15 is 0 Å². The Bertz CT molecular complexity index is 1710. The number of nitrogens with zero attached hydrogens (tertiary/aromatic N) is 6. The highest BCUT2D eigenvalue weighted by molar-refractivity contribution is 5.86. The summed E-state index contributed by atoms with van der Waals surface area (Å²) in [6.45, 7) is 1.95. The molecule has 0 unspecified atom stereocenters. The van der Waals surface area contributed by atoms with Crippen molar-refractivity contribution in [2.24, 2.45) is 11.7 Å². The van der Waals surface area contributed by atoms with Crippen LogP contribution >= 0.6 is 0 Å². The first kappa shape index (κ1) is 24.0. The Labute approximate surface area is 232 Å². The highest BCUT2D eigenvalue weighted by Gasteiger charge is 2.58. The molecule has 8 nitrogen and oxygen atoms in total. The first-order chi connectivity index (χ1) is 19.5. The van der Waals surface area contributed by atoms with Crippen LogP contribution in [0.1, 0.15) is 50.5 Å². The summed E-state index contributed by atoms with van der Waals surface area (Å²) in [6.07, 6.45) is 7.06. The van der Waals surface area contributed by atoms with Crippen molar-refractivity contribution in [2.75, 3.05) is 18.0 Å². The molecule has 0 radical (unpaired) electrons. The van der Waals surface area contributed by atoms with Gasteiger partial charge in [-0.25, -0.2) is 14.4 Å². The quantitative estimate of drug-likeness (QED) is 0.326. The van der Waals surface area contributed by atoms with E-state index in [-0.39, 0.29) is 0 Å². The zero-order chi connectivity index (χ0) is 26.9. The molecule has 4 heterocycles. The molecule has 3 aliphatic rings. The average molecular weight is 532 g/mol. The number of hydrogen-bond donors (Lipinski definition) is 2. The third kappa shape index (κ3) is 3.81. The normalized spacial score (nSPS) is 24.9. The summed E-state index contributed by atoms with van der Waals surface area (Å²) in [5.41, 5.74) is 12.7. The van der Waals surface area contributed by atoms with Gasteiger partial charge in [0.1, 0.15) is 5.52 Å². The Morgan fingerprint density at radius 2 is 1.48 bits per heavy atom. The topological polar surface area (TPSA) is 105 Å². The van der Waals surface area contributed by atoms with Crippen molar-refractivity contribution in [1.29, 1.82) is 0 Å². The van der Waals surface area contributed by atoms with E-state index in [0.717, 1.165) is 89.6 Å². The molecule has 8 heteroatoms. The maximum Gasteiger partial charge on any atom is 0.233 e. The molecule has 3 aromatic heterocycles. The number of fused-ring (bicyclic) bond motifs is 3. The van der Waals surface area contributed by atoms with Crippen molar-refractivity contribution >= 4 is 22.8 Å². The standard InChI is InChI=1S/C32H33N7O/c33-31(19-32(40,20-31)24-13-14-24)23-11-9-22(10-12-23)27-28(21-7-3-1-4-8-21)35-29-25(34-27)15-16-26-36-37-30(39(26)29)38-17-5-2-6-18-38/h1,3-4,7-12,15-16,24,40H,2,5-6,13-14,17-20,33H2. The third-order valence-electron chi connectivity index (χ3n) is 9.18. The van der Waals surface area contributed by atoms with Crippen LogP contribution in [-0.4, -0.2) is 48.4 Å². The van der Waals surface area contributed by atoms with Crippen molar-refractivity contribution in [3.63, 3.8) is 0 Å². The van der Waals surface area contributed by atoms with Gasteiger partial charge in [-0.1, -0.05) is 54.6 Å². The number of pyridine rings is 1. The summed E-state index contributed by atoms with van der Waals surface area (Å²) >= 11 is 0. The molecule has 1 saturated heterocycles. The second kappa shape index (κ2) is 8.81. The lowest BCUT2D eigenvalue weighted by Gasteiger charge is -2.52. The van der Waals surface area contributed by atoms with Crippen molar-refractivity contribution < 1.29 is 5.11 Å². The lowest BCUT2D eigenvalue weighted by atomic mass is 9.60. The van der Waals surface area contributed by atoms with Crippen LogP contribution in [0.5, 0.6) is 0 Å². The van der Waals surface area contributed by atoms with Crippen molar-refractivity contribution in [1.82, 2.24) is 24.6 Å². The largest absolute Gasteiger partial charge is 0.389 e. The van der Waals surface area contributed by atoms with Gasteiger partial charge in [-0.2, -0.15) is 0 Å². The van der Waals surface area contributed by atoms with Crippen LogP contribution in [-0.2, 0) is 5.54 Å². The van der Waals surface area contributed by atoms with Crippen molar-refractivity contribution in [3.05, 3.63) is 72.3 Å². The van der Waals surface area contributed by atoms with E-state index in [1.807, 2.05) is 30.3 Å². The number of nitrogens with two attached hydrogens (primary N) is 1. The predicted molar refractivity (Wildman–Crippen MR) is 156 cm³/mol. The first-order valence-corrected chi connectivity index (χ1v) is 14.5. The zero-order valence-corrected chi connectivity index (χ0v) is 22.5. The van der Waals surface area contributed by atoms with Crippen LogP contribution < -0.4 is 10.6 Å². The Hall–Kier alpha value is -3.88. The number of aromatic nitrogens is 5. The van der Waals surface area contributed by atoms with E-state index in [0.29, 0.717) is 18.8 Å². The van der Waals surface area contributed by atoms with Crippen LogP contribution in [0.3, 0.4) is 0 Å². The van der Waals surface area contributed by atoms with Gasteiger partial charge in [-0.15, -0.1) is 10.2 Å². The van der Waals surface area contributed by atoms with E-state index in [9.17, 15) is 5.11 Å². The van der Waals surface area contributed by atoms with Gasteiger partial charge in [0, 0.05) is 29.8 Å². The molecule has 2 aliphatic carbocycles. The van der Waals surface area contributed by atoms with Crippen LogP contribution in [0.2, 0.25) is 0 Å². The van der Waals surface area contributed by atoms with Gasteiger partial charge < -0.3 is 15.7 Å². The number of benzene rings is 2. The summed E-state index contributed by atoms with van der Waals surface area (Å²) in [5, 5.41) is 19.9. The Balaban J connectivity index is 1.24. The number of anilines is 1. The number of piperidine rings is 1. The van der Waals surface area contributed by atoms with Gasteiger partial charge in [0.25, 0.3) is 0 Å². The van der Waals surface area contributed by atoms with E-state index in [2.05, 4.69) is 55.9 Å². The number of aliphatic hydroxyl groups is 1. The molecule has 2 saturated carbocycles. The Morgan fingerprint density at radius 1 is 0.775 bits per heavy atom. The maximum absolute atomic E-state index is 10.9. The van der Waals surface area contributed by atoms with E-state index in [1.54, 1.807) is 0 Å². The van der Waals surface area contributed by atoms with Gasteiger partial charge in [-0.05, 0) is 68.6 Å². The lowest BCUT2D eigenvalue weighted by molar-refractivity contribution is -0.106. The minimum absolute atomic E-state index is 0.428. The molecule has 0 bridgehead atoms. The molecular weight excluding hydrogens is 498 g/mol. The van der Waals surface area contributed by atoms with E-state index in [1.165, 1.54) is 6.42 Å². The van der Waals surface area contributed by atoms with Gasteiger partial charge in [0.15, 0.2) is 11.3 Å². The summed E-state index contributed by atoms with van der Waals surface area (Å²) in [4.78, 5) is 12.8. The first-order valence-electron chi connectivity index (χ1n) is 14.5. The predicted octanol–water partition coefficient (Wildman–Crippen LogP) is 5.09. The average Bonchev–Trinajstić information content (AvgIpc) is 3.76. The van der Waals surface area contributed by atoms with E-state index < -0.39 is 11.1 Å². The minimum atomic E-state index is -0.585. The second-order valence-corrected chi connectivity index (χ2v) is 12.0. The third-order valence-corrected chi connectivity index (χ3v) is 9.18. The van der Waals surface area contributed by atoms with Crippen LogP contribution in [0.15, 0.2) is 66.7 Å². The number of rotatable bonds is 5. The molecule has 5 aromatic rings. The summed E-state index contributed by atoms with van der Waals surface area (Å²) in [6, 6.07) is 22.6. The highest BCUT2D eigenvalue weighted by Crippen LogP contribution is 2.57. The molecule has 2 aromatic carbocycles. The highest BCUT2D eigenvalue weighted by atomic mass is 16.3. The SMILES string of the molecule is NC1(c2ccc(-c3nc4ccc5nnc(N6CCCCC6)n5c4nc3-c3ccccc3)cc2)CC(O)(C2CC2)C1. The van der Waals surface area contributed by atoms with Crippen LogP contribution in [0, 0.1) is 5.92 Å². The van der Waals surface area contributed by atoms with Crippen molar-refractivity contribution in [2.45, 2.75) is 56.1 Å². The van der Waals surface area contributed by atoms with Gasteiger partial charge in [-0.3, -0.25) is 0 Å². The summed E-state index contributed by atoms with van der Waals surface area (Å²) in [7, 11) is 0. The molecule has 40 heavy (non-hydrogen) atoms. The molecule has 8 rings (SSSR count). The molecule has 0 spiro atoms. The zero-order valence-electron chi connectivity index (χ0n) is 22.5. The molecular formula is C32H33N7O. The fourth-order valence-electron chi connectivity index (χ4n) is 6.88. The van der Waals surface area contributed by atoms with Crippen LogP contribution in [0.25, 0.3) is 39.3 Å². The summed E-state index contributed by atoms with van der Waals surface area (Å²) in [5.74, 6) is 1.27. The smallest absolute Gasteiger partial charge is 0.233 e. The Kier molecular flexibility index (Phi) is 5.28. The second-order valence-electron chi connectivity index (χ2n) is 12.0. The molecule has 3 N–H and O–H groups in total. The molecule has 0 atom stereocenters. The van der Waals surface area contributed by atoms with Gasteiger partial charge >= 0.3 is 0 Å². The molecule has 202 valence electrons. The lowest BCUT2D eigenvalue weighted by Crippen LogP contribution is -2.60.